The van der Waals surface area contributed by atoms with Crippen LogP contribution in [0.5, 0.6) is 5.75 Å². The number of nitro groups is 1. The zero-order chi connectivity index (χ0) is 21.8. The molecule has 3 aromatic rings. The number of fused-ring (bicyclic) bond motifs is 1. The van der Waals surface area contributed by atoms with Crippen LogP contribution in [0, 0.1) is 10.1 Å². The molecular formula is C22H22N4O4S. The second kappa shape index (κ2) is 9.23. The fourth-order valence-electron chi connectivity index (χ4n) is 3.37. The average molecular weight is 439 g/mol. The topological polar surface area (TPSA) is 88.8 Å². The molecule has 0 saturated carbocycles. The monoisotopic (exact) mass is 438 g/mol. The molecule has 1 aliphatic heterocycles. The van der Waals surface area contributed by atoms with Crippen molar-refractivity contribution in [3.8, 4) is 5.75 Å². The third-order valence-electron chi connectivity index (χ3n) is 5.17. The minimum atomic E-state index is -0.516. The third kappa shape index (κ3) is 5.07. The number of esters is 1. The van der Waals surface area contributed by atoms with Gasteiger partial charge in [0.05, 0.1) is 15.1 Å². The van der Waals surface area contributed by atoms with Crippen molar-refractivity contribution in [3.05, 3.63) is 64.2 Å². The van der Waals surface area contributed by atoms with Crippen LogP contribution in [0.4, 0.5) is 10.8 Å². The molecule has 0 amide bonds. The number of ether oxygens (including phenoxy) is 1. The largest absolute Gasteiger partial charge is 0.423 e. The van der Waals surface area contributed by atoms with E-state index < -0.39 is 10.9 Å². The Hall–Kier alpha value is -3.30. The summed E-state index contributed by atoms with van der Waals surface area (Å²) in [7, 11) is 0. The second-order valence-corrected chi connectivity index (χ2v) is 8.16. The van der Waals surface area contributed by atoms with Gasteiger partial charge in [0.2, 0.25) is 0 Å². The van der Waals surface area contributed by atoms with Crippen molar-refractivity contribution in [2.45, 2.75) is 6.92 Å². The second-order valence-electron chi connectivity index (χ2n) is 7.15. The molecule has 0 spiro atoms. The van der Waals surface area contributed by atoms with E-state index in [0.717, 1.165) is 48.1 Å². The predicted octanol–water partition coefficient (Wildman–Crippen LogP) is 3.97. The van der Waals surface area contributed by atoms with Gasteiger partial charge < -0.3 is 14.5 Å². The van der Waals surface area contributed by atoms with Crippen LogP contribution in [0.25, 0.3) is 16.3 Å². The van der Waals surface area contributed by atoms with Crippen LogP contribution in [0.15, 0.2) is 48.5 Å². The lowest BCUT2D eigenvalue weighted by Gasteiger charge is -2.33. The normalized spacial score (nSPS) is 14.9. The van der Waals surface area contributed by atoms with Crippen LogP contribution in [-0.4, -0.2) is 53.5 Å². The molecule has 0 bridgehead atoms. The van der Waals surface area contributed by atoms with Gasteiger partial charge in [0, 0.05) is 50.5 Å². The minimum Gasteiger partial charge on any atom is -0.423 e. The first kappa shape index (κ1) is 21.0. The highest BCUT2D eigenvalue weighted by Crippen LogP contribution is 2.32. The number of carbonyl (C=O) groups excluding carboxylic acids is 1. The standard InChI is InChI=1S/C22H22N4O4S/c1-2-24-11-13-25(14-12-24)22-23-19-9-8-18(15-20(19)31-22)30-21(27)10-5-16-3-6-17(7-4-16)26(28)29/h3-10,15H,2,11-14H2,1H3/b10-5-. The van der Waals surface area contributed by atoms with E-state index in [2.05, 4.69) is 16.7 Å². The van der Waals surface area contributed by atoms with E-state index in [9.17, 15) is 14.9 Å². The van der Waals surface area contributed by atoms with Crippen molar-refractivity contribution in [3.63, 3.8) is 0 Å². The Morgan fingerprint density at radius 2 is 1.94 bits per heavy atom. The van der Waals surface area contributed by atoms with Crippen molar-refractivity contribution in [1.29, 1.82) is 0 Å². The van der Waals surface area contributed by atoms with E-state index in [1.807, 2.05) is 12.1 Å². The van der Waals surface area contributed by atoms with Crippen LogP contribution >= 0.6 is 11.3 Å². The molecule has 0 atom stereocenters. The molecule has 0 radical (unpaired) electrons. The molecule has 4 rings (SSSR count). The molecule has 31 heavy (non-hydrogen) atoms. The van der Waals surface area contributed by atoms with Gasteiger partial charge in [-0.1, -0.05) is 18.3 Å². The number of hydrogen-bond donors (Lipinski definition) is 0. The summed E-state index contributed by atoms with van der Waals surface area (Å²) in [6, 6.07) is 11.4. The molecule has 8 nitrogen and oxygen atoms in total. The van der Waals surface area contributed by atoms with Gasteiger partial charge in [-0.2, -0.15) is 0 Å². The summed E-state index contributed by atoms with van der Waals surface area (Å²) in [5.41, 5.74) is 1.57. The van der Waals surface area contributed by atoms with E-state index in [1.165, 1.54) is 18.2 Å². The van der Waals surface area contributed by atoms with Crippen LogP contribution < -0.4 is 9.64 Å². The molecule has 1 saturated heterocycles. The van der Waals surface area contributed by atoms with Crippen molar-refractivity contribution in [1.82, 2.24) is 9.88 Å². The number of aromatic nitrogens is 1. The third-order valence-corrected chi connectivity index (χ3v) is 6.25. The van der Waals surface area contributed by atoms with Crippen LogP contribution in [0.3, 0.4) is 0 Å². The number of nitrogens with zero attached hydrogens (tertiary/aromatic N) is 4. The highest BCUT2D eigenvalue weighted by molar-refractivity contribution is 7.22. The maximum absolute atomic E-state index is 12.2. The summed E-state index contributed by atoms with van der Waals surface area (Å²) in [6.07, 6.45) is 2.86. The number of likely N-dealkylation sites (N-methyl/N-ethyl adjacent to an activating group) is 1. The van der Waals surface area contributed by atoms with Gasteiger partial charge in [0.1, 0.15) is 5.75 Å². The lowest BCUT2D eigenvalue weighted by molar-refractivity contribution is -0.384. The van der Waals surface area contributed by atoms with E-state index in [1.54, 1.807) is 35.6 Å². The Morgan fingerprint density at radius 1 is 1.19 bits per heavy atom. The number of anilines is 1. The first-order chi connectivity index (χ1) is 15.0. The van der Waals surface area contributed by atoms with Gasteiger partial charge in [-0.05, 0) is 42.4 Å². The van der Waals surface area contributed by atoms with Crippen LogP contribution in [0.1, 0.15) is 12.5 Å². The SMILES string of the molecule is CCN1CCN(c2nc3ccc(OC(=O)/C=C\c4ccc([N+](=O)[O-])cc4)cc3s2)CC1. The zero-order valence-corrected chi connectivity index (χ0v) is 17.9. The number of piperazine rings is 1. The van der Waals surface area contributed by atoms with Crippen molar-refractivity contribution >= 4 is 44.4 Å². The Morgan fingerprint density at radius 3 is 2.61 bits per heavy atom. The number of carbonyl (C=O) groups is 1. The molecule has 2 heterocycles. The van der Waals surface area contributed by atoms with E-state index in [0.29, 0.717) is 11.3 Å². The molecular weight excluding hydrogens is 416 g/mol. The average Bonchev–Trinajstić information content (AvgIpc) is 3.21. The molecule has 0 aliphatic carbocycles. The lowest BCUT2D eigenvalue weighted by atomic mass is 10.2. The molecule has 1 fully saturated rings. The Labute approximate surface area is 183 Å². The molecule has 2 aromatic carbocycles. The highest BCUT2D eigenvalue weighted by atomic mass is 32.1. The zero-order valence-electron chi connectivity index (χ0n) is 17.1. The fraction of sp³-hybridized carbons (Fsp3) is 0.273. The Bertz CT molecular complexity index is 1120. The maximum Gasteiger partial charge on any atom is 0.336 e. The van der Waals surface area contributed by atoms with E-state index >= 15 is 0 Å². The number of thiazole rings is 1. The van der Waals surface area contributed by atoms with E-state index in [4.69, 9.17) is 9.72 Å². The molecule has 160 valence electrons. The van der Waals surface area contributed by atoms with Gasteiger partial charge >= 0.3 is 5.97 Å². The van der Waals surface area contributed by atoms with E-state index in [-0.39, 0.29) is 5.69 Å². The summed E-state index contributed by atoms with van der Waals surface area (Å²) in [6.45, 7) is 7.25. The van der Waals surface area contributed by atoms with Crippen molar-refractivity contribution in [2.75, 3.05) is 37.6 Å². The van der Waals surface area contributed by atoms with Gasteiger partial charge in [0.25, 0.3) is 5.69 Å². The summed E-state index contributed by atoms with van der Waals surface area (Å²) in [5, 5.41) is 11.7. The summed E-state index contributed by atoms with van der Waals surface area (Å²) in [4.78, 5) is 31.8. The lowest BCUT2D eigenvalue weighted by Crippen LogP contribution is -2.46. The molecule has 1 aromatic heterocycles. The summed E-state index contributed by atoms with van der Waals surface area (Å²) >= 11 is 1.60. The number of benzene rings is 2. The number of rotatable bonds is 6. The van der Waals surface area contributed by atoms with Gasteiger partial charge in [-0.15, -0.1) is 0 Å². The molecule has 1 aliphatic rings. The number of non-ortho nitro benzene ring substituents is 1. The van der Waals surface area contributed by atoms with Gasteiger partial charge in [-0.3, -0.25) is 10.1 Å². The Kier molecular flexibility index (Phi) is 6.24. The predicted molar refractivity (Wildman–Crippen MR) is 122 cm³/mol. The summed E-state index contributed by atoms with van der Waals surface area (Å²) in [5.74, 6) is -0.0602. The number of hydrogen-bond acceptors (Lipinski definition) is 8. The fourth-order valence-corrected chi connectivity index (χ4v) is 4.41. The highest BCUT2D eigenvalue weighted by Gasteiger charge is 2.19. The van der Waals surface area contributed by atoms with Crippen molar-refractivity contribution in [2.24, 2.45) is 0 Å². The van der Waals surface area contributed by atoms with Crippen LogP contribution in [-0.2, 0) is 4.79 Å². The maximum atomic E-state index is 12.2. The minimum absolute atomic E-state index is 0.00389. The number of nitro benzene ring substituents is 1. The molecule has 9 heteroatoms. The molecule has 0 unspecified atom stereocenters. The Balaban J connectivity index is 1.40. The van der Waals surface area contributed by atoms with Crippen LogP contribution in [0.2, 0.25) is 0 Å². The smallest absolute Gasteiger partial charge is 0.336 e. The molecule has 0 N–H and O–H groups in total. The van der Waals surface area contributed by atoms with Gasteiger partial charge in [-0.25, -0.2) is 9.78 Å². The quantitative estimate of drug-likeness (QED) is 0.189. The first-order valence-electron chi connectivity index (χ1n) is 10.0. The van der Waals surface area contributed by atoms with Crippen molar-refractivity contribution < 1.29 is 14.5 Å². The summed E-state index contributed by atoms with van der Waals surface area (Å²) < 4.78 is 6.38. The first-order valence-corrected chi connectivity index (χ1v) is 10.9. The van der Waals surface area contributed by atoms with Gasteiger partial charge in [0.15, 0.2) is 5.13 Å².